The van der Waals surface area contributed by atoms with Gasteiger partial charge in [0.05, 0.1) is 0 Å². The number of rotatable bonds is 0. The molecular weight excluding hydrogens is 137 g/mol. The maximum absolute atomic E-state index is 4.25. The monoisotopic (exact) mass is 143 g/mol. The van der Waals surface area contributed by atoms with Crippen LogP contribution in [-0.2, 0) is 32.7 Å². The predicted molar refractivity (Wildman–Crippen MR) is 19.9 cm³/mol. The number of hydrogen-bond acceptors (Lipinski definition) is 0. The minimum atomic E-state index is 0. The molecule has 0 unspecified atom stereocenters. The summed E-state index contributed by atoms with van der Waals surface area (Å²) >= 11 is 0. The first-order valence-corrected chi connectivity index (χ1v) is 0.816. The average molecular weight is 143 g/mol. The molecule has 27 valence electrons. The quantitative estimate of drug-likeness (QED) is 0.447. The molecule has 1 radical (unpaired) electrons. The first kappa shape index (κ1) is 17.6. The summed E-state index contributed by atoms with van der Waals surface area (Å²) in [5.74, 6) is 0. The van der Waals surface area contributed by atoms with Crippen LogP contribution in [-0.4, -0.2) is 0 Å². The molecule has 0 aliphatic heterocycles. The van der Waals surface area contributed by atoms with Crippen molar-refractivity contribution in [1.82, 2.24) is 0 Å². The Morgan fingerprint density at radius 1 is 0.800 bits per heavy atom. The molecule has 0 aliphatic rings. The van der Waals surface area contributed by atoms with Crippen molar-refractivity contribution in [3.63, 3.8) is 0 Å². The zero-order valence-corrected chi connectivity index (χ0v) is 5.98. The second-order valence-electron chi connectivity index (χ2n) is 0. The summed E-state index contributed by atoms with van der Waals surface area (Å²) in [6.07, 6.45) is 0. The van der Waals surface area contributed by atoms with Crippen LogP contribution in [0.25, 0.3) is 0 Å². The van der Waals surface area contributed by atoms with Crippen LogP contribution in [0.5, 0.6) is 0 Å². The Balaban J connectivity index is -0.0000000133. The van der Waals surface area contributed by atoms with E-state index in [0.717, 1.165) is 0 Å². The molecule has 1 heteroatoms. The fraction of sp³-hybridized carbons (Fsp3) is 0. The summed E-state index contributed by atoms with van der Waals surface area (Å²) in [4.78, 5) is 0. The van der Waals surface area contributed by atoms with Crippen LogP contribution in [0.1, 0.15) is 0 Å². The van der Waals surface area contributed by atoms with Gasteiger partial charge >= 0.3 is 0 Å². The van der Waals surface area contributed by atoms with E-state index in [2.05, 4.69) is 26.3 Å². The molecule has 0 nitrogen and oxygen atoms in total. The topological polar surface area (TPSA) is 0 Å². The first-order valence-electron chi connectivity index (χ1n) is 0.816. The van der Waals surface area contributed by atoms with Gasteiger partial charge in [-0.3, -0.25) is 13.2 Å². The van der Waals surface area contributed by atoms with Gasteiger partial charge in [-0.05, 0) is 0 Å². The van der Waals surface area contributed by atoms with Crippen molar-refractivity contribution in [3.8, 4) is 0 Å². The van der Waals surface area contributed by atoms with Gasteiger partial charge in [0.15, 0.2) is 0 Å². The van der Waals surface area contributed by atoms with Crippen molar-refractivity contribution in [2.45, 2.75) is 0 Å². The van der Waals surface area contributed by atoms with E-state index in [1.807, 2.05) is 0 Å². The van der Waals surface area contributed by atoms with Gasteiger partial charge in [-0.2, -0.15) is 0 Å². The summed E-state index contributed by atoms with van der Waals surface area (Å²) < 4.78 is 0. The Labute approximate surface area is 58.8 Å². The van der Waals surface area contributed by atoms with Crippen molar-refractivity contribution >= 4 is 0 Å². The van der Waals surface area contributed by atoms with Crippen LogP contribution < -0.4 is 0 Å². The molecule has 0 heterocycles. The van der Waals surface area contributed by atoms with Crippen LogP contribution in [0.15, 0.2) is 13.2 Å². The molecule has 0 atom stereocenters. The Kier molecular flexibility index (Phi) is 607. The van der Waals surface area contributed by atoms with Crippen molar-refractivity contribution < 1.29 is 32.7 Å². The second kappa shape index (κ2) is 173. The Morgan fingerprint density at radius 3 is 0.800 bits per heavy atom. The molecule has 0 amide bonds. The Morgan fingerprint density at radius 2 is 0.800 bits per heavy atom. The van der Waals surface area contributed by atoms with Gasteiger partial charge in [-0.1, -0.05) is 0 Å². The molecule has 0 saturated heterocycles. The summed E-state index contributed by atoms with van der Waals surface area (Å²) in [6.45, 7) is 14.0. The van der Waals surface area contributed by atoms with Gasteiger partial charge in [0.2, 0.25) is 0 Å². The third-order valence-corrected chi connectivity index (χ3v) is 0. The van der Waals surface area contributed by atoms with Crippen LogP contribution >= 0.6 is 0 Å². The Hall–Kier alpha value is 0.584. The van der Waals surface area contributed by atoms with Crippen molar-refractivity contribution in [2.75, 3.05) is 0 Å². The van der Waals surface area contributed by atoms with E-state index >= 15 is 0 Å². The van der Waals surface area contributed by atoms with Crippen LogP contribution in [0, 0.1) is 13.2 Å². The third kappa shape index (κ3) is 89.8. The summed E-state index contributed by atoms with van der Waals surface area (Å²) in [5.41, 5.74) is 0. The van der Waals surface area contributed by atoms with Crippen LogP contribution in [0.2, 0.25) is 0 Å². The molecule has 0 fully saturated rings. The van der Waals surface area contributed by atoms with E-state index in [1.54, 1.807) is 0 Å². The molecule has 0 rings (SSSR count). The maximum atomic E-state index is 4.25. The van der Waals surface area contributed by atoms with Gasteiger partial charge in [-0.15, -0.1) is 0 Å². The zero-order valence-electron chi connectivity index (χ0n) is 3.15. The first-order chi connectivity index (χ1) is 2.00. The second-order valence-corrected chi connectivity index (χ2v) is 0. The molecule has 0 aromatic carbocycles. The minimum Gasteiger partial charge on any atom is -0.521 e. The normalized spacial score (nSPS) is 1.60. The summed E-state index contributed by atoms with van der Waals surface area (Å²) in [7, 11) is 0. The standard InChI is InChI=1S/2C2H3.Y/c2*1-2;/h2*1H,2H2;/q2*-1;. The van der Waals surface area contributed by atoms with Gasteiger partial charge in [0.25, 0.3) is 0 Å². The molecule has 0 aromatic heterocycles. The van der Waals surface area contributed by atoms with E-state index in [-0.39, 0.29) is 32.7 Å². The molecule has 0 aromatic rings. The van der Waals surface area contributed by atoms with Crippen molar-refractivity contribution in [2.24, 2.45) is 0 Å². The van der Waals surface area contributed by atoms with E-state index in [4.69, 9.17) is 0 Å². The Bertz CT molecular complexity index is 5.61. The predicted octanol–water partition coefficient (Wildman–Crippen LogP) is 1.21. The van der Waals surface area contributed by atoms with Gasteiger partial charge < -0.3 is 13.2 Å². The molecule has 0 spiro atoms. The van der Waals surface area contributed by atoms with E-state index in [9.17, 15) is 0 Å². The molecule has 0 N–H and O–H groups in total. The molecule has 0 bridgehead atoms. The van der Waals surface area contributed by atoms with E-state index in [1.165, 1.54) is 0 Å². The smallest absolute Gasteiger partial charge is 0 e. The van der Waals surface area contributed by atoms with Gasteiger partial charge in [0, 0.05) is 32.7 Å². The average Bonchev–Trinajstić information content (AvgIpc) is 1.50. The molecule has 5 heavy (non-hydrogen) atoms. The summed E-state index contributed by atoms with van der Waals surface area (Å²) in [5, 5.41) is 0. The fourth-order valence-electron chi connectivity index (χ4n) is 0. The minimum absolute atomic E-state index is 0. The molecule has 0 saturated carbocycles. The van der Waals surface area contributed by atoms with Crippen molar-refractivity contribution in [3.05, 3.63) is 26.3 Å². The zero-order chi connectivity index (χ0) is 4.00. The molecular formula is C4H6Y-2. The third-order valence-electron chi connectivity index (χ3n) is 0. The SMILES string of the molecule is [CH-]=C.[CH-]=C.[Y]. The summed E-state index contributed by atoms with van der Waals surface area (Å²) in [6, 6.07) is 0. The largest absolute Gasteiger partial charge is 0.521 e. The van der Waals surface area contributed by atoms with Gasteiger partial charge in [-0.25, -0.2) is 0 Å². The van der Waals surface area contributed by atoms with Crippen molar-refractivity contribution in [1.29, 1.82) is 0 Å². The fourth-order valence-corrected chi connectivity index (χ4v) is 0. The van der Waals surface area contributed by atoms with E-state index < -0.39 is 0 Å². The van der Waals surface area contributed by atoms with Gasteiger partial charge in [0.1, 0.15) is 0 Å². The van der Waals surface area contributed by atoms with Crippen LogP contribution in [0.3, 0.4) is 0 Å². The maximum Gasteiger partial charge on any atom is 0 e. The van der Waals surface area contributed by atoms with Crippen LogP contribution in [0.4, 0.5) is 0 Å². The number of hydrogen-bond donors (Lipinski definition) is 0. The van der Waals surface area contributed by atoms with E-state index in [0.29, 0.717) is 0 Å². The molecule has 0 aliphatic carbocycles.